The van der Waals surface area contributed by atoms with Crippen molar-refractivity contribution in [1.29, 1.82) is 0 Å². The fraction of sp³-hybridized carbons (Fsp3) is 0.0909. The number of hydrogen-bond donors (Lipinski definition) is 1. The number of hydrogen-bond acceptors (Lipinski definition) is 3. The van der Waals surface area contributed by atoms with Crippen LogP contribution in [0.4, 0.5) is 19.3 Å². The average molecular weight is 253 g/mol. The van der Waals surface area contributed by atoms with Gasteiger partial charge in [0.1, 0.15) is 12.1 Å². The number of nitrogens with zero attached hydrogens (tertiary/aromatic N) is 2. The largest absolute Gasteiger partial charge is 0.433 e. The van der Waals surface area contributed by atoms with Crippen molar-refractivity contribution in [3.05, 3.63) is 43.0 Å². The van der Waals surface area contributed by atoms with Gasteiger partial charge in [0.25, 0.3) is 0 Å². The number of carbonyl (C=O) groups excluding carboxylic acids is 1. The van der Waals surface area contributed by atoms with Crippen molar-refractivity contribution in [3.63, 3.8) is 0 Å². The third-order valence-electron chi connectivity index (χ3n) is 2.08. The van der Waals surface area contributed by atoms with Crippen LogP contribution >= 0.6 is 0 Å². The number of alkyl halides is 2. The predicted octanol–water partition coefficient (Wildman–Crippen LogP) is 2.56. The number of aromatic nitrogens is 2. The molecule has 1 aromatic carbocycles. The summed E-state index contributed by atoms with van der Waals surface area (Å²) in [6.07, 6.45) is 4.17. The van der Waals surface area contributed by atoms with Crippen LogP contribution < -0.4 is 10.1 Å². The molecule has 0 atom stereocenters. The fourth-order valence-electron chi connectivity index (χ4n) is 1.33. The standard InChI is InChI=1S/C11H9F2N3O2/c12-10(13)18-9-4-2-1-3-8(9)15-11(17)16-6-5-14-7-16/h1-7,10H,(H,15,17). The molecule has 0 saturated heterocycles. The van der Waals surface area contributed by atoms with Crippen molar-refractivity contribution in [2.75, 3.05) is 5.32 Å². The van der Waals surface area contributed by atoms with Crippen LogP contribution in [0.3, 0.4) is 0 Å². The zero-order valence-corrected chi connectivity index (χ0v) is 9.09. The highest BCUT2D eigenvalue weighted by Gasteiger charge is 2.11. The van der Waals surface area contributed by atoms with Crippen LogP contribution in [0.25, 0.3) is 0 Å². The predicted molar refractivity (Wildman–Crippen MR) is 59.7 cm³/mol. The molecule has 0 spiro atoms. The summed E-state index contributed by atoms with van der Waals surface area (Å²) in [5.74, 6) is -0.0963. The van der Waals surface area contributed by atoms with E-state index in [1.165, 1.54) is 41.5 Å². The SMILES string of the molecule is O=C(Nc1ccccc1OC(F)F)n1ccnc1. The number of carbonyl (C=O) groups is 1. The number of halogens is 2. The first-order chi connectivity index (χ1) is 8.66. The van der Waals surface area contributed by atoms with Gasteiger partial charge in [-0.3, -0.25) is 4.57 Å². The monoisotopic (exact) mass is 253 g/mol. The molecule has 1 heterocycles. The lowest BCUT2D eigenvalue weighted by atomic mass is 10.3. The molecule has 1 amide bonds. The van der Waals surface area contributed by atoms with E-state index < -0.39 is 12.6 Å². The number of amides is 1. The first kappa shape index (κ1) is 12.0. The molecule has 1 N–H and O–H groups in total. The summed E-state index contributed by atoms with van der Waals surface area (Å²) in [7, 11) is 0. The first-order valence-corrected chi connectivity index (χ1v) is 5.00. The van der Waals surface area contributed by atoms with Gasteiger partial charge >= 0.3 is 12.6 Å². The Morgan fingerprint density at radius 1 is 1.39 bits per heavy atom. The van der Waals surface area contributed by atoms with Crippen molar-refractivity contribution >= 4 is 11.7 Å². The Hall–Kier alpha value is -2.44. The topological polar surface area (TPSA) is 56.1 Å². The molecule has 0 radical (unpaired) electrons. The highest BCUT2D eigenvalue weighted by atomic mass is 19.3. The van der Waals surface area contributed by atoms with Gasteiger partial charge in [-0.15, -0.1) is 0 Å². The van der Waals surface area contributed by atoms with E-state index in [4.69, 9.17) is 0 Å². The van der Waals surface area contributed by atoms with Crippen molar-refractivity contribution < 1.29 is 18.3 Å². The van der Waals surface area contributed by atoms with E-state index in [0.29, 0.717) is 0 Å². The second kappa shape index (κ2) is 5.26. The van der Waals surface area contributed by atoms with E-state index in [2.05, 4.69) is 15.0 Å². The summed E-state index contributed by atoms with van der Waals surface area (Å²) in [6.45, 7) is -2.95. The van der Waals surface area contributed by atoms with Crippen LogP contribution in [-0.4, -0.2) is 22.2 Å². The maximum Gasteiger partial charge on any atom is 0.387 e. The number of anilines is 1. The van der Waals surface area contributed by atoms with Crippen LogP contribution in [0.1, 0.15) is 0 Å². The summed E-state index contributed by atoms with van der Waals surface area (Å²) < 4.78 is 29.8. The molecule has 2 aromatic rings. The molecule has 7 heteroatoms. The van der Waals surface area contributed by atoms with E-state index in [1.807, 2.05) is 0 Å². The molecule has 1 aromatic heterocycles. The summed E-state index contributed by atoms with van der Waals surface area (Å²) in [5, 5.41) is 2.44. The smallest absolute Gasteiger partial charge is 0.387 e. The third kappa shape index (κ3) is 2.82. The molecule has 2 rings (SSSR count). The third-order valence-corrected chi connectivity index (χ3v) is 2.08. The Morgan fingerprint density at radius 3 is 2.83 bits per heavy atom. The van der Waals surface area contributed by atoms with Gasteiger partial charge in [-0.2, -0.15) is 8.78 Å². The van der Waals surface area contributed by atoms with Gasteiger partial charge in [0, 0.05) is 12.4 Å². The van der Waals surface area contributed by atoms with Gasteiger partial charge in [-0.25, -0.2) is 9.78 Å². The quantitative estimate of drug-likeness (QED) is 0.914. The number of ether oxygens (including phenoxy) is 1. The zero-order chi connectivity index (χ0) is 13.0. The fourth-order valence-corrected chi connectivity index (χ4v) is 1.33. The van der Waals surface area contributed by atoms with Gasteiger partial charge < -0.3 is 10.1 Å². The molecule has 94 valence electrons. The Bertz CT molecular complexity index is 529. The number of imidazole rings is 1. The lowest BCUT2D eigenvalue weighted by Gasteiger charge is -2.11. The van der Waals surface area contributed by atoms with Gasteiger partial charge in [0.05, 0.1) is 5.69 Å². The Labute approximate surface area is 101 Å². The van der Waals surface area contributed by atoms with E-state index in [9.17, 15) is 13.6 Å². The molecule has 0 aliphatic heterocycles. The molecular formula is C11H9F2N3O2. The molecule has 18 heavy (non-hydrogen) atoms. The Balaban J connectivity index is 2.16. The van der Waals surface area contributed by atoms with Crippen LogP contribution in [0, 0.1) is 0 Å². The van der Waals surface area contributed by atoms with Crippen LogP contribution in [0.5, 0.6) is 5.75 Å². The number of para-hydroxylation sites is 2. The highest BCUT2D eigenvalue weighted by molar-refractivity contribution is 5.92. The van der Waals surface area contributed by atoms with Gasteiger partial charge in [-0.1, -0.05) is 12.1 Å². The molecule has 0 aliphatic carbocycles. The van der Waals surface area contributed by atoms with Crippen LogP contribution in [0.2, 0.25) is 0 Å². The van der Waals surface area contributed by atoms with E-state index >= 15 is 0 Å². The van der Waals surface area contributed by atoms with E-state index in [-0.39, 0.29) is 11.4 Å². The summed E-state index contributed by atoms with van der Waals surface area (Å²) in [6, 6.07) is 5.42. The first-order valence-electron chi connectivity index (χ1n) is 5.00. The van der Waals surface area contributed by atoms with E-state index in [1.54, 1.807) is 6.07 Å². The maximum atomic E-state index is 12.2. The summed E-state index contributed by atoms with van der Waals surface area (Å²) >= 11 is 0. The highest BCUT2D eigenvalue weighted by Crippen LogP contribution is 2.25. The Morgan fingerprint density at radius 2 is 2.17 bits per heavy atom. The van der Waals surface area contributed by atoms with Crippen LogP contribution in [-0.2, 0) is 0 Å². The molecule has 0 bridgehead atoms. The summed E-state index contributed by atoms with van der Waals surface area (Å²) in [5.41, 5.74) is 0.163. The molecule has 0 unspecified atom stereocenters. The van der Waals surface area contributed by atoms with Gasteiger partial charge in [0.2, 0.25) is 0 Å². The molecule has 0 fully saturated rings. The second-order valence-corrected chi connectivity index (χ2v) is 3.27. The van der Waals surface area contributed by atoms with Crippen molar-refractivity contribution in [2.24, 2.45) is 0 Å². The maximum absolute atomic E-state index is 12.2. The average Bonchev–Trinajstić information content (AvgIpc) is 2.84. The number of rotatable bonds is 3. The molecule has 0 saturated carbocycles. The van der Waals surface area contributed by atoms with Gasteiger partial charge in [-0.05, 0) is 12.1 Å². The van der Waals surface area contributed by atoms with Crippen molar-refractivity contribution in [3.8, 4) is 5.75 Å². The number of benzene rings is 1. The normalized spacial score (nSPS) is 10.4. The van der Waals surface area contributed by atoms with Crippen LogP contribution in [0.15, 0.2) is 43.0 Å². The summed E-state index contributed by atoms with van der Waals surface area (Å²) in [4.78, 5) is 15.4. The minimum atomic E-state index is -2.95. The minimum absolute atomic E-state index is 0.0963. The number of nitrogens with one attached hydrogen (secondary N) is 1. The Kier molecular flexibility index (Phi) is 3.52. The van der Waals surface area contributed by atoms with Crippen molar-refractivity contribution in [2.45, 2.75) is 6.61 Å². The van der Waals surface area contributed by atoms with Crippen molar-refractivity contribution in [1.82, 2.24) is 9.55 Å². The lowest BCUT2D eigenvalue weighted by Crippen LogP contribution is -2.18. The van der Waals surface area contributed by atoms with Gasteiger partial charge in [0.15, 0.2) is 0 Å². The minimum Gasteiger partial charge on any atom is -0.433 e. The van der Waals surface area contributed by atoms with E-state index in [0.717, 1.165) is 0 Å². The molecule has 0 aliphatic rings. The molecule has 5 nitrogen and oxygen atoms in total. The second-order valence-electron chi connectivity index (χ2n) is 3.27. The lowest BCUT2D eigenvalue weighted by molar-refractivity contribution is -0.0493. The zero-order valence-electron chi connectivity index (χ0n) is 9.09. The molecular weight excluding hydrogens is 244 g/mol.